The van der Waals surface area contributed by atoms with Crippen LogP contribution in [0.1, 0.15) is 31.2 Å². The smallest absolute Gasteiger partial charge is 0.135 e. The number of nitrogens with zero attached hydrogens (tertiary/aromatic N) is 4. The summed E-state index contributed by atoms with van der Waals surface area (Å²) < 4.78 is 0. The van der Waals surface area contributed by atoms with Crippen LogP contribution in [-0.4, -0.2) is 47.6 Å². The normalized spacial score (nSPS) is 16.2. The van der Waals surface area contributed by atoms with E-state index in [1.807, 2.05) is 13.1 Å². The maximum absolute atomic E-state index is 4.59. The molecule has 100 valence electrons. The largest absolute Gasteiger partial charge is 0.355 e. The van der Waals surface area contributed by atoms with E-state index in [9.17, 15) is 0 Å². The first kappa shape index (κ1) is 13.3. The second-order valence-corrected chi connectivity index (χ2v) is 5.05. The minimum atomic E-state index is 0.857. The molecule has 4 heteroatoms. The Morgan fingerprint density at radius 3 is 2.67 bits per heavy atom. The van der Waals surface area contributed by atoms with Crippen molar-refractivity contribution < 1.29 is 0 Å². The molecule has 1 aromatic heterocycles. The van der Waals surface area contributed by atoms with E-state index in [1.54, 1.807) is 0 Å². The molecule has 0 saturated carbocycles. The Hall–Kier alpha value is -1.16. The lowest BCUT2D eigenvalue weighted by Gasteiger charge is -2.26. The maximum atomic E-state index is 4.59. The Labute approximate surface area is 110 Å². The zero-order valence-corrected chi connectivity index (χ0v) is 11.8. The number of rotatable bonds is 5. The number of aryl methyl sites for hydroxylation is 2. The lowest BCUT2D eigenvalue weighted by Crippen LogP contribution is -2.34. The Morgan fingerprint density at radius 1 is 1.28 bits per heavy atom. The fourth-order valence-corrected chi connectivity index (χ4v) is 2.52. The van der Waals surface area contributed by atoms with E-state index in [-0.39, 0.29) is 0 Å². The second-order valence-electron chi connectivity index (χ2n) is 5.05. The third kappa shape index (κ3) is 3.19. The highest BCUT2D eigenvalue weighted by molar-refractivity contribution is 5.45. The van der Waals surface area contributed by atoms with Gasteiger partial charge in [0.1, 0.15) is 11.6 Å². The van der Waals surface area contributed by atoms with Crippen molar-refractivity contribution in [2.45, 2.75) is 33.6 Å². The molecule has 2 heterocycles. The SMILES string of the molecule is CCN(CCN1CCCC1)c1nc(C)ncc1C. The van der Waals surface area contributed by atoms with Crippen LogP contribution in [-0.2, 0) is 0 Å². The molecule has 1 fully saturated rings. The van der Waals surface area contributed by atoms with Crippen LogP contribution in [0.25, 0.3) is 0 Å². The van der Waals surface area contributed by atoms with E-state index in [0.29, 0.717) is 0 Å². The van der Waals surface area contributed by atoms with Crippen LogP contribution < -0.4 is 4.90 Å². The van der Waals surface area contributed by atoms with Crippen molar-refractivity contribution in [2.24, 2.45) is 0 Å². The monoisotopic (exact) mass is 248 g/mol. The Bertz CT molecular complexity index is 385. The van der Waals surface area contributed by atoms with Crippen LogP contribution >= 0.6 is 0 Å². The van der Waals surface area contributed by atoms with Gasteiger partial charge in [0.15, 0.2) is 0 Å². The van der Waals surface area contributed by atoms with Gasteiger partial charge in [0.25, 0.3) is 0 Å². The van der Waals surface area contributed by atoms with Crippen LogP contribution in [0, 0.1) is 13.8 Å². The molecule has 18 heavy (non-hydrogen) atoms. The van der Waals surface area contributed by atoms with Crippen LogP contribution in [0.15, 0.2) is 6.20 Å². The van der Waals surface area contributed by atoms with Crippen LogP contribution in [0.3, 0.4) is 0 Å². The van der Waals surface area contributed by atoms with Crippen molar-refractivity contribution in [3.8, 4) is 0 Å². The van der Waals surface area contributed by atoms with E-state index < -0.39 is 0 Å². The van der Waals surface area contributed by atoms with Gasteiger partial charge in [-0.25, -0.2) is 9.97 Å². The highest BCUT2D eigenvalue weighted by Crippen LogP contribution is 2.16. The van der Waals surface area contributed by atoms with Gasteiger partial charge in [-0.15, -0.1) is 0 Å². The molecule has 4 nitrogen and oxygen atoms in total. The van der Waals surface area contributed by atoms with Crippen molar-refractivity contribution in [2.75, 3.05) is 37.6 Å². The average molecular weight is 248 g/mol. The Kier molecular flexibility index (Phi) is 4.53. The molecule has 1 saturated heterocycles. The predicted molar refractivity (Wildman–Crippen MR) is 75.1 cm³/mol. The standard InChI is InChI=1S/C14H24N4/c1-4-18(10-9-17-7-5-6-8-17)14-12(2)11-15-13(3)16-14/h11H,4-10H2,1-3H3. The molecule has 0 aliphatic carbocycles. The summed E-state index contributed by atoms with van der Waals surface area (Å²) in [7, 11) is 0. The summed E-state index contributed by atoms with van der Waals surface area (Å²) in [6.45, 7) is 12.0. The summed E-state index contributed by atoms with van der Waals surface area (Å²) >= 11 is 0. The Balaban J connectivity index is 2.00. The molecular weight excluding hydrogens is 224 g/mol. The topological polar surface area (TPSA) is 32.3 Å². The molecule has 0 amide bonds. The van der Waals surface area contributed by atoms with Crippen molar-refractivity contribution in [3.63, 3.8) is 0 Å². The minimum absolute atomic E-state index is 0.857. The molecule has 0 unspecified atom stereocenters. The Morgan fingerprint density at radius 2 is 2.00 bits per heavy atom. The van der Waals surface area contributed by atoms with Gasteiger partial charge in [-0.2, -0.15) is 0 Å². The number of hydrogen-bond donors (Lipinski definition) is 0. The molecule has 0 radical (unpaired) electrons. The molecule has 0 aromatic carbocycles. The van der Waals surface area contributed by atoms with E-state index in [1.165, 1.54) is 31.5 Å². The highest BCUT2D eigenvalue weighted by atomic mass is 15.2. The fraction of sp³-hybridized carbons (Fsp3) is 0.714. The third-order valence-electron chi connectivity index (χ3n) is 3.63. The van der Waals surface area contributed by atoms with Crippen LogP contribution in [0.2, 0.25) is 0 Å². The molecule has 0 N–H and O–H groups in total. The van der Waals surface area contributed by atoms with E-state index >= 15 is 0 Å². The van der Waals surface area contributed by atoms with Crippen molar-refractivity contribution in [1.82, 2.24) is 14.9 Å². The zero-order valence-electron chi connectivity index (χ0n) is 11.8. The molecule has 0 atom stereocenters. The molecule has 1 aliphatic heterocycles. The van der Waals surface area contributed by atoms with Gasteiger partial charge in [-0.3, -0.25) is 0 Å². The summed E-state index contributed by atoms with van der Waals surface area (Å²) in [6, 6.07) is 0. The minimum Gasteiger partial charge on any atom is -0.355 e. The van der Waals surface area contributed by atoms with Crippen LogP contribution in [0.4, 0.5) is 5.82 Å². The van der Waals surface area contributed by atoms with Crippen molar-refractivity contribution in [3.05, 3.63) is 17.6 Å². The van der Waals surface area contributed by atoms with Gasteiger partial charge < -0.3 is 9.80 Å². The van der Waals surface area contributed by atoms with Crippen LogP contribution in [0.5, 0.6) is 0 Å². The summed E-state index contributed by atoms with van der Waals surface area (Å²) in [5.74, 6) is 1.96. The van der Waals surface area contributed by atoms with Gasteiger partial charge in [0.05, 0.1) is 0 Å². The number of likely N-dealkylation sites (tertiary alicyclic amines) is 1. The van der Waals surface area contributed by atoms with E-state index in [0.717, 1.165) is 31.3 Å². The number of anilines is 1. The molecular formula is C14H24N4. The van der Waals surface area contributed by atoms with Gasteiger partial charge in [0.2, 0.25) is 0 Å². The maximum Gasteiger partial charge on any atom is 0.135 e. The molecule has 1 aliphatic rings. The summed E-state index contributed by atoms with van der Waals surface area (Å²) in [5, 5.41) is 0. The zero-order chi connectivity index (χ0) is 13.0. The highest BCUT2D eigenvalue weighted by Gasteiger charge is 2.14. The van der Waals surface area contributed by atoms with Gasteiger partial charge >= 0.3 is 0 Å². The first-order valence-corrected chi connectivity index (χ1v) is 6.98. The quantitative estimate of drug-likeness (QED) is 0.798. The lowest BCUT2D eigenvalue weighted by atomic mass is 10.3. The first-order valence-electron chi connectivity index (χ1n) is 6.98. The van der Waals surface area contributed by atoms with Gasteiger partial charge in [-0.05, 0) is 46.7 Å². The first-order chi connectivity index (χ1) is 8.70. The van der Waals surface area contributed by atoms with E-state index in [2.05, 4.69) is 33.6 Å². The van der Waals surface area contributed by atoms with E-state index in [4.69, 9.17) is 0 Å². The molecule has 0 spiro atoms. The summed E-state index contributed by atoms with van der Waals surface area (Å²) in [4.78, 5) is 13.7. The molecule has 1 aromatic rings. The van der Waals surface area contributed by atoms with Gasteiger partial charge in [0, 0.05) is 31.4 Å². The molecule has 2 rings (SSSR count). The number of likely N-dealkylation sites (N-methyl/N-ethyl adjacent to an activating group) is 1. The third-order valence-corrected chi connectivity index (χ3v) is 3.63. The van der Waals surface area contributed by atoms with Crippen molar-refractivity contribution in [1.29, 1.82) is 0 Å². The molecule has 0 bridgehead atoms. The number of aromatic nitrogens is 2. The predicted octanol–water partition coefficient (Wildman–Crippen LogP) is 2.02. The lowest BCUT2D eigenvalue weighted by molar-refractivity contribution is 0.345. The number of hydrogen-bond acceptors (Lipinski definition) is 4. The summed E-state index contributed by atoms with van der Waals surface area (Å²) in [6.07, 6.45) is 4.64. The van der Waals surface area contributed by atoms with Gasteiger partial charge in [-0.1, -0.05) is 0 Å². The van der Waals surface area contributed by atoms with Crippen molar-refractivity contribution >= 4 is 5.82 Å². The fourth-order valence-electron chi connectivity index (χ4n) is 2.52. The average Bonchev–Trinajstić information content (AvgIpc) is 2.87. The second kappa shape index (κ2) is 6.14. The summed E-state index contributed by atoms with van der Waals surface area (Å²) in [5.41, 5.74) is 1.17.